The highest BCUT2D eigenvalue weighted by molar-refractivity contribution is 7.00. The third-order valence-electron chi connectivity index (χ3n) is 17.5. The highest BCUT2D eigenvalue weighted by atomic mass is 15.2. The van der Waals surface area contributed by atoms with Crippen LogP contribution in [0.25, 0.3) is 0 Å². The molecule has 7 aromatic carbocycles. The number of fused-ring (bicyclic) bond motifs is 4. The van der Waals surface area contributed by atoms with Gasteiger partial charge < -0.3 is 14.7 Å². The van der Waals surface area contributed by atoms with E-state index in [1.807, 2.05) is 0 Å². The standard InChI is InChI=1S/C58H72B11N3/c1-5-9-13-33-17-23-37(24-18-33)70-42-27-21-35(15-11-7-3)29-40(42)69-41-30-36(16-12-8-4)22-28-43(41)71(38-25-19-34(20-26-38)14-10-6-2)45-32-39(31-44(70)56(45)69)72(57-52(65)48(61)46(59)49(62)53(57)66)58-54(67)50(63)47(60)51(64)55(58)68/h17-32H,5-16,59-68H2,1-4H3. The summed E-state index contributed by atoms with van der Waals surface area (Å²) < 4.78 is 0. The zero-order valence-corrected chi connectivity index (χ0v) is 46.6. The molecule has 3 nitrogen and oxygen atoms in total. The molecule has 352 valence electrons. The van der Waals surface area contributed by atoms with Gasteiger partial charge in [-0.3, -0.25) is 0 Å². The molecule has 0 saturated carbocycles. The van der Waals surface area contributed by atoms with Gasteiger partial charge in [-0.15, -0.1) is 10.9 Å². The Morgan fingerprint density at radius 1 is 0.361 bits per heavy atom. The van der Waals surface area contributed by atoms with E-state index < -0.39 is 0 Å². The molecule has 2 aliphatic rings. The van der Waals surface area contributed by atoms with Gasteiger partial charge in [-0.1, -0.05) is 146 Å². The fourth-order valence-electron chi connectivity index (χ4n) is 12.2. The van der Waals surface area contributed by atoms with E-state index in [1.165, 1.54) is 196 Å². The van der Waals surface area contributed by atoms with Crippen molar-refractivity contribution in [1.82, 2.24) is 0 Å². The lowest BCUT2D eigenvalue weighted by atomic mass is 9.33. The van der Waals surface area contributed by atoms with Crippen molar-refractivity contribution in [3.63, 3.8) is 0 Å². The van der Waals surface area contributed by atoms with E-state index in [0.29, 0.717) is 0 Å². The highest BCUT2D eigenvalue weighted by Gasteiger charge is 2.44. The van der Waals surface area contributed by atoms with Crippen LogP contribution < -0.4 is 85.7 Å². The van der Waals surface area contributed by atoms with Crippen molar-refractivity contribution in [2.24, 2.45) is 0 Å². The molecule has 0 radical (unpaired) electrons. The molecule has 0 atom stereocenters. The fourth-order valence-corrected chi connectivity index (χ4v) is 12.2. The maximum atomic E-state index is 2.70. The molecule has 0 aliphatic carbocycles. The van der Waals surface area contributed by atoms with Crippen LogP contribution in [0.3, 0.4) is 0 Å². The van der Waals surface area contributed by atoms with Gasteiger partial charge in [0.1, 0.15) is 78.5 Å². The smallest absolute Gasteiger partial charge is 0.252 e. The molecule has 0 unspecified atom stereocenters. The van der Waals surface area contributed by atoms with Crippen LogP contribution in [-0.4, -0.2) is 85.2 Å². The summed E-state index contributed by atoms with van der Waals surface area (Å²) in [6.45, 7) is 9.27. The second-order valence-electron chi connectivity index (χ2n) is 21.8. The van der Waals surface area contributed by atoms with Crippen molar-refractivity contribution in [1.29, 1.82) is 0 Å². The summed E-state index contributed by atoms with van der Waals surface area (Å²) in [7, 11) is 23.4. The Morgan fingerprint density at radius 3 is 1.00 bits per heavy atom. The van der Waals surface area contributed by atoms with Crippen LogP contribution in [0.15, 0.2) is 97.1 Å². The highest BCUT2D eigenvalue weighted by Crippen LogP contribution is 2.47. The molecular formula is C58H72B11N3. The first-order chi connectivity index (χ1) is 34.7. The molecule has 14 heteroatoms. The Balaban J connectivity index is 1.45. The van der Waals surface area contributed by atoms with Crippen LogP contribution >= 0.6 is 0 Å². The molecule has 72 heavy (non-hydrogen) atoms. The van der Waals surface area contributed by atoms with E-state index in [2.05, 4.69) is 218 Å². The normalized spacial score (nSPS) is 12.5. The van der Waals surface area contributed by atoms with Crippen LogP contribution in [-0.2, 0) is 25.7 Å². The van der Waals surface area contributed by atoms with Gasteiger partial charge >= 0.3 is 0 Å². The molecule has 0 amide bonds. The third kappa shape index (κ3) is 9.21. The molecule has 0 aromatic heterocycles. The molecule has 2 aliphatic heterocycles. The number of benzene rings is 7. The van der Waals surface area contributed by atoms with Gasteiger partial charge in [0.05, 0.1) is 5.69 Å². The number of nitrogens with zero attached hydrogens (tertiary/aromatic N) is 3. The average molecular weight is 930 g/mol. The number of aryl methyl sites for hydroxylation is 4. The van der Waals surface area contributed by atoms with Crippen molar-refractivity contribution < 1.29 is 0 Å². The van der Waals surface area contributed by atoms with Crippen LogP contribution in [0.4, 0.5) is 51.2 Å². The summed E-state index contributed by atoms with van der Waals surface area (Å²) in [6.07, 6.45) is 13.9. The van der Waals surface area contributed by atoms with Crippen molar-refractivity contribution in [3.05, 3.63) is 119 Å². The molecule has 0 fully saturated rings. The second kappa shape index (κ2) is 21.6. The zero-order valence-electron chi connectivity index (χ0n) is 46.6. The first-order valence-corrected chi connectivity index (χ1v) is 27.9. The van der Waals surface area contributed by atoms with E-state index in [0.717, 1.165) is 25.7 Å². The van der Waals surface area contributed by atoms with Crippen LogP contribution in [0.2, 0.25) is 0 Å². The largest absolute Gasteiger partial charge is 0.313 e. The van der Waals surface area contributed by atoms with Crippen molar-refractivity contribution in [3.8, 4) is 0 Å². The lowest BCUT2D eigenvalue weighted by Crippen LogP contribution is -2.61. The fraction of sp³-hybridized carbons (Fsp3) is 0.276. The van der Waals surface area contributed by atoms with E-state index in [4.69, 9.17) is 0 Å². The van der Waals surface area contributed by atoms with Crippen LogP contribution in [0, 0.1) is 0 Å². The number of rotatable bonds is 17. The molecule has 0 saturated heterocycles. The first-order valence-electron chi connectivity index (χ1n) is 27.9. The molecule has 0 spiro atoms. The van der Waals surface area contributed by atoms with E-state index in [-0.39, 0.29) is 6.71 Å². The first kappa shape index (κ1) is 51.6. The maximum absolute atomic E-state index is 2.70. The van der Waals surface area contributed by atoms with Gasteiger partial charge in [0.25, 0.3) is 6.71 Å². The molecule has 7 aromatic rings. The minimum absolute atomic E-state index is 0.0467. The van der Waals surface area contributed by atoms with Crippen LogP contribution in [0.5, 0.6) is 0 Å². The predicted molar refractivity (Wildman–Crippen MR) is 351 cm³/mol. The van der Waals surface area contributed by atoms with Gasteiger partial charge in [-0.05, 0) is 139 Å². The van der Waals surface area contributed by atoms with Gasteiger partial charge in [0.2, 0.25) is 0 Å². The minimum atomic E-state index is 0.0467. The van der Waals surface area contributed by atoms with Crippen molar-refractivity contribution in [2.75, 3.05) is 14.7 Å². The number of anilines is 9. The Labute approximate surface area is 443 Å². The zero-order chi connectivity index (χ0) is 51.1. The minimum Gasteiger partial charge on any atom is -0.313 e. The molecular weight excluding hydrogens is 858 g/mol. The topological polar surface area (TPSA) is 9.72 Å². The number of hydrogen-bond acceptors (Lipinski definition) is 3. The summed E-state index contributed by atoms with van der Waals surface area (Å²) >= 11 is 0. The summed E-state index contributed by atoms with van der Waals surface area (Å²) in [5.74, 6) is 0. The van der Waals surface area contributed by atoms with Gasteiger partial charge in [0, 0.05) is 45.5 Å². The average Bonchev–Trinajstić information content (AvgIpc) is 3.40. The number of hydrogen-bond donors (Lipinski definition) is 0. The van der Waals surface area contributed by atoms with Crippen molar-refractivity contribution in [2.45, 2.75) is 105 Å². The third-order valence-corrected chi connectivity index (χ3v) is 17.5. The van der Waals surface area contributed by atoms with E-state index in [9.17, 15) is 0 Å². The van der Waals surface area contributed by atoms with Gasteiger partial charge in [0.15, 0.2) is 0 Å². The monoisotopic (exact) mass is 932 g/mol. The lowest BCUT2D eigenvalue weighted by molar-refractivity contribution is 0.795. The summed E-state index contributed by atoms with van der Waals surface area (Å²) in [5.41, 5.74) is 34.7. The Morgan fingerprint density at radius 2 is 0.667 bits per heavy atom. The quantitative estimate of drug-likeness (QED) is 0.0916. The summed E-state index contributed by atoms with van der Waals surface area (Å²) in [6, 6.07) is 39.4. The summed E-state index contributed by atoms with van der Waals surface area (Å²) in [5, 5.41) is 0. The second-order valence-corrected chi connectivity index (χ2v) is 21.8. The lowest BCUT2D eigenvalue weighted by Gasteiger charge is -2.45. The Hall–Kier alpha value is -5.35. The van der Waals surface area contributed by atoms with Crippen molar-refractivity contribution >= 4 is 207 Å². The Kier molecular flexibility index (Phi) is 15.5. The van der Waals surface area contributed by atoms with Gasteiger partial charge in [-0.2, -0.15) is 0 Å². The van der Waals surface area contributed by atoms with E-state index >= 15 is 0 Å². The van der Waals surface area contributed by atoms with E-state index in [1.54, 1.807) is 0 Å². The van der Waals surface area contributed by atoms with Gasteiger partial charge in [-0.25, -0.2) is 0 Å². The molecule has 0 bridgehead atoms. The molecule has 0 N–H and O–H groups in total. The number of unbranched alkanes of at least 4 members (excludes halogenated alkanes) is 4. The predicted octanol–water partition coefficient (Wildman–Crippen LogP) is -2.81. The van der Waals surface area contributed by atoms with Crippen LogP contribution in [0.1, 0.15) is 101 Å². The Bertz CT molecular complexity index is 2910. The SMILES string of the molecule is Bc1c(B)c(B)c(N(c2cc3c4c(c2)N(c2ccc(CCCC)cc2)c2ccc(CCCC)cc2B4c2cc(CCCC)ccc2N3c2ccc(CCCC)cc2)c2c(B)c(B)c(B)c(B)c2B)c(B)c1B. The maximum Gasteiger partial charge on any atom is 0.252 e. The molecule has 9 rings (SSSR count). The summed E-state index contributed by atoms with van der Waals surface area (Å²) in [4.78, 5) is 7.99. The molecule has 2 heterocycles.